The highest BCUT2D eigenvalue weighted by molar-refractivity contribution is 9.10. The van der Waals surface area contributed by atoms with E-state index < -0.39 is 0 Å². The van der Waals surface area contributed by atoms with E-state index >= 15 is 0 Å². The number of nitrogens with zero attached hydrogens (tertiary/aromatic N) is 2. The van der Waals surface area contributed by atoms with Gasteiger partial charge in [0, 0.05) is 11.1 Å². The minimum atomic E-state index is 0.194. The molecule has 4 nitrogen and oxygen atoms in total. The van der Waals surface area contributed by atoms with Crippen LogP contribution in [0.5, 0.6) is 11.5 Å². The quantitative estimate of drug-likeness (QED) is 0.731. The molecule has 1 aromatic heterocycles. The van der Waals surface area contributed by atoms with Crippen molar-refractivity contribution >= 4 is 27.5 Å². The average Bonchev–Trinajstić information content (AvgIpc) is 2.46. The number of ether oxygens (including phenoxy) is 2. The highest BCUT2D eigenvalue weighted by Gasteiger charge is 2.21. The highest BCUT2D eigenvalue weighted by Crippen LogP contribution is 2.43. The molecule has 0 unspecified atom stereocenters. The van der Waals surface area contributed by atoms with Crippen LogP contribution in [0.3, 0.4) is 0 Å². The molecule has 0 radical (unpaired) electrons. The first-order valence-electron chi connectivity index (χ1n) is 6.42. The Labute approximate surface area is 137 Å². The van der Waals surface area contributed by atoms with E-state index in [0.717, 1.165) is 21.3 Å². The maximum atomic E-state index is 6.24. The third-order valence-corrected chi connectivity index (χ3v) is 4.21. The van der Waals surface area contributed by atoms with Gasteiger partial charge in [0.15, 0.2) is 0 Å². The van der Waals surface area contributed by atoms with Crippen LogP contribution in [0.4, 0.5) is 0 Å². The Hall–Kier alpha value is -1.33. The van der Waals surface area contributed by atoms with Crippen LogP contribution in [0.25, 0.3) is 11.3 Å². The third kappa shape index (κ3) is 2.99. The Balaban J connectivity index is 2.74. The van der Waals surface area contributed by atoms with E-state index in [4.69, 9.17) is 21.1 Å². The fourth-order valence-electron chi connectivity index (χ4n) is 2.18. The van der Waals surface area contributed by atoms with Gasteiger partial charge in [0.1, 0.15) is 27.5 Å². The molecule has 0 aliphatic carbocycles. The predicted molar refractivity (Wildman–Crippen MR) is 87.4 cm³/mol. The first-order valence-corrected chi connectivity index (χ1v) is 7.59. The van der Waals surface area contributed by atoms with Crippen molar-refractivity contribution < 1.29 is 9.47 Å². The van der Waals surface area contributed by atoms with Crippen LogP contribution in [-0.2, 0) is 0 Å². The smallest absolute Gasteiger partial charge is 0.146 e. The van der Waals surface area contributed by atoms with Gasteiger partial charge in [-0.2, -0.15) is 0 Å². The highest BCUT2D eigenvalue weighted by atomic mass is 79.9. The lowest BCUT2D eigenvalue weighted by Gasteiger charge is -2.17. The summed E-state index contributed by atoms with van der Waals surface area (Å²) >= 11 is 9.74. The van der Waals surface area contributed by atoms with Crippen molar-refractivity contribution in [2.24, 2.45) is 0 Å². The van der Waals surface area contributed by atoms with Gasteiger partial charge in [0.25, 0.3) is 0 Å². The molecule has 0 spiro atoms. The zero-order valence-electron chi connectivity index (χ0n) is 12.3. The van der Waals surface area contributed by atoms with Crippen LogP contribution in [-0.4, -0.2) is 24.2 Å². The lowest BCUT2D eigenvalue weighted by Crippen LogP contribution is -2.01. The molecule has 112 valence electrons. The van der Waals surface area contributed by atoms with Gasteiger partial charge in [0.05, 0.1) is 19.9 Å². The fourth-order valence-corrected chi connectivity index (χ4v) is 3.20. The van der Waals surface area contributed by atoms with Crippen molar-refractivity contribution in [1.29, 1.82) is 0 Å². The number of rotatable bonds is 4. The van der Waals surface area contributed by atoms with E-state index in [1.54, 1.807) is 14.2 Å². The summed E-state index contributed by atoms with van der Waals surface area (Å²) in [4.78, 5) is 8.47. The SMILES string of the molecule is COc1ccc(-c2ncnc(Cl)c2C(C)C)c(OC)c1Br. The number of hydrogen-bond donors (Lipinski definition) is 0. The molecule has 1 heterocycles. The Morgan fingerprint density at radius 3 is 2.43 bits per heavy atom. The second kappa shape index (κ2) is 6.62. The maximum Gasteiger partial charge on any atom is 0.146 e. The van der Waals surface area contributed by atoms with Gasteiger partial charge in [0.2, 0.25) is 0 Å². The molecule has 0 saturated heterocycles. The third-order valence-electron chi connectivity index (χ3n) is 3.15. The molecule has 0 fully saturated rings. The van der Waals surface area contributed by atoms with Gasteiger partial charge in [-0.05, 0) is 34.0 Å². The summed E-state index contributed by atoms with van der Waals surface area (Å²) < 4.78 is 11.6. The number of hydrogen-bond acceptors (Lipinski definition) is 4. The van der Waals surface area contributed by atoms with E-state index in [2.05, 4.69) is 39.7 Å². The monoisotopic (exact) mass is 370 g/mol. The molecule has 0 N–H and O–H groups in total. The van der Waals surface area contributed by atoms with Crippen molar-refractivity contribution in [2.75, 3.05) is 14.2 Å². The van der Waals surface area contributed by atoms with E-state index in [1.807, 2.05) is 12.1 Å². The fraction of sp³-hybridized carbons (Fsp3) is 0.333. The standard InChI is InChI=1S/C15H16BrClN2O2/c1-8(2)11-13(18-7-19-15(11)17)9-5-6-10(20-3)12(16)14(9)21-4/h5-8H,1-4H3. The second-order valence-electron chi connectivity index (χ2n) is 4.74. The first-order chi connectivity index (χ1) is 10.0. The van der Waals surface area contributed by atoms with Crippen LogP contribution in [0, 0.1) is 0 Å². The summed E-state index contributed by atoms with van der Waals surface area (Å²) in [5, 5.41) is 0.462. The second-order valence-corrected chi connectivity index (χ2v) is 5.90. The predicted octanol–water partition coefficient (Wildman–Crippen LogP) is 4.70. The molecule has 6 heteroatoms. The van der Waals surface area contributed by atoms with E-state index in [-0.39, 0.29) is 5.92 Å². The van der Waals surface area contributed by atoms with Crippen LogP contribution in [0.15, 0.2) is 22.9 Å². The van der Waals surface area contributed by atoms with Gasteiger partial charge in [-0.15, -0.1) is 0 Å². The summed E-state index contributed by atoms with van der Waals surface area (Å²) in [7, 11) is 3.22. The maximum absolute atomic E-state index is 6.24. The summed E-state index contributed by atoms with van der Waals surface area (Å²) in [6.45, 7) is 4.11. The normalized spacial score (nSPS) is 10.8. The van der Waals surface area contributed by atoms with Gasteiger partial charge in [-0.3, -0.25) is 0 Å². The number of aromatic nitrogens is 2. The average molecular weight is 372 g/mol. The van der Waals surface area contributed by atoms with E-state index in [1.165, 1.54) is 6.33 Å². The number of methoxy groups -OCH3 is 2. The molecule has 0 amide bonds. The molecular formula is C15H16BrClN2O2. The van der Waals surface area contributed by atoms with Gasteiger partial charge in [-0.1, -0.05) is 25.4 Å². The lowest BCUT2D eigenvalue weighted by molar-refractivity contribution is 0.390. The number of benzene rings is 1. The van der Waals surface area contributed by atoms with E-state index in [9.17, 15) is 0 Å². The largest absolute Gasteiger partial charge is 0.495 e. The molecular weight excluding hydrogens is 356 g/mol. The Kier molecular flexibility index (Phi) is 5.06. The topological polar surface area (TPSA) is 44.2 Å². The first kappa shape index (κ1) is 16.0. The molecule has 1 aromatic carbocycles. The summed E-state index contributed by atoms with van der Waals surface area (Å²) in [5.41, 5.74) is 2.51. The molecule has 2 rings (SSSR count). The molecule has 0 bridgehead atoms. The van der Waals surface area contributed by atoms with Crippen LogP contribution >= 0.6 is 27.5 Å². The van der Waals surface area contributed by atoms with Gasteiger partial charge in [-0.25, -0.2) is 9.97 Å². The lowest BCUT2D eigenvalue weighted by atomic mass is 9.98. The molecule has 0 saturated carbocycles. The van der Waals surface area contributed by atoms with Crippen LogP contribution in [0.2, 0.25) is 5.15 Å². The van der Waals surface area contributed by atoms with Crippen molar-refractivity contribution in [3.05, 3.63) is 33.6 Å². The molecule has 21 heavy (non-hydrogen) atoms. The van der Waals surface area contributed by atoms with Crippen molar-refractivity contribution in [2.45, 2.75) is 19.8 Å². The van der Waals surface area contributed by atoms with Crippen molar-refractivity contribution in [3.63, 3.8) is 0 Å². The molecule has 2 aromatic rings. The van der Waals surface area contributed by atoms with Crippen molar-refractivity contribution in [3.8, 4) is 22.8 Å². The van der Waals surface area contributed by atoms with Crippen molar-refractivity contribution in [1.82, 2.24) is 9.97 Å². The minimum absolute atomic E-state index is 0.194. The van der Waals surface area contributed by atoms with Gasteiger partial charge >= 0.3 is 0 Å². The molecule has 0 aliphatic heterocycles. The Bertz CT molecular complexity index is 662. The van der Waals surface area contributed by atoms with Crippen LogP contribution in [0.1, 0.15) is 25.3 Å². The zero-order valence-corrected chi connectivity index (χ0v) is 14.6. The Morgan fingerprint density at radius 1 is 1.14 bits per heavy atom. The minimum Gasteiger partial charge on any atom is -0.495 e. The van der Waals surface area contributed by atoms with E-state index in [0.29, 0.717) is 16.7 Å². The summed E-state index contributed by atoms with van der Waals surface area (Å²) in [6.07, 6.45) is 1.46. The molecule has 0 atom stereocenters. The number of halogens is 2. The molecule has 0 aliphatic rings. The summed E-state index contributed by atoms with van der Waals surface area (Å²) in [5.74, 6) is 1.55. The Morgan fingerprint density at radius 2 is 1.86 bits per heavy atom. The zero-order chi connectivity index (χ0) is 15.6. The van der Waals surface area contributed by atoms with Gasteiger partial charge < -0.3 is 9.47 Å². The van der Waals surface area contributed by atoms with Crippen LogP contribution < -0.4 is 9.47 Å². The summed E-state index contributed by atoms with van der Waals surface area (Å²) in [6, 6.07) is 3.77.